The van der Waals surface area contributed by atoms with Crippen molar-refractivity contribution in [2.45, 2.75) is 18.3 Å². The molecule has 0 fully saturated rings. The lowest BCUT2D eigenvalue weighted by atomic mass is 9.67. The van der Waals surface area contributed by atoms with Gasteiger partial charge in [0.25, 0.3) is 0 Å². The van der Waals surface area contributed by atoms with E-state index in [-0.39, 0.29) is 11.1 Å². The van der Waals surface area contributed by atoms with Gasteiger partial charge in [0, 0.05) is 24.0 Å². The van der Waals surface area contributed by atoms with E-state index in [9.17, 15) is 19.8 Å². The van der Waals surface area contributed by atoms with E-state index in [4.69, 9.17) is 9.47 Å². The van der Waals surface area contributed by atoms with Crippen LogP contribution in [0.4, 0.5) is 0 Å². The van der Waals surface area contributed by atoms with E-state index in [1.165, 1.54) is 22.3 Å². The molecule has 6 nitrogen and oxygen atoms in total. The van der Waals surface area contributed by atoms with Crippen molar-refractivity contribution in [1.29, 1.82) is 0 Å². The van der Waals surface area contributed by atoms with E-state index in [2.05, 4.69) is 109 Å². The van der Waals surface area contributed by atoms with Crippen molar-refractivity contribution in [2.75, 3.05) is 13.2 Å². The Kier molecular flexibility index (Phi) is 10.7. The van der Waals surface area contributed by atoms with Gasteiger partial charge in [-0.05, 0) is 104 Å². The quantitative estimate of drug-likeness (QED) is 0.114. The normalized spacial score (nSPS) is 12.3. The Morgan fingerprint density at radius 2 is 0.787 bits per heavy atom. The Hall–Kier alpha value is -7.70. The van der Waals surface area contributed by atoms with Crippen molar-refractivity contribution >= 4 is 11.9 Å². The minimum absolute atomic E-state index is 0.260. The number of rotatable bonds is 14. The summed E-state index contributed by atoms with van der Waals surface area (Å²) in [5.41, 5.74) is 12.7. The lowest BCUT2D eigenvalue weighted by molar-refractivity contribution is 0.0686. The maximum Gasteiger partial charge on any atom is 0.335 e. The topological polar surface area (TPSA) is 93.1 Å². The van der Waals surface area contributed by atoms with Gasteiger partial charge in [0.15, 0.2) is 0 Å². The van der Waals surface area contributed by atoms with Gasteiger partial charge in [-0.3, -0.25) is 0 Å². The molecule has 0 unspecified atom stereocenters. The van der Waals surface area contributed by atoms with E-state index in [0.717, 1.165) is 56.0 Å². The third-order valence-electron chi connectivity index (χ3n) is 11.6. The van der Waals surface area contributed by atoms with Gasteiger partial charge in [0.05, 0.1) is 29.8 Å². The summed E-state index contributed by atoms with van der Waals surface area (Å²) in [7, 11) is 0. The third-order valence-corrected chi connectivity index (χ3v) is 11.6. The lowest BCUT2D eigenvalue weighted by Gasteiger charge is -2.35. The smallest absolute Gasteiger partial charge is 0.335 e. The van der Waals surface area contributed by atoms with Crippen molar-refractivity contribution in [1.82, 2.24) is 0 Å². The molecule has 298 valence electrons. The van der Waals surface area contributed by atoms with E-state index < -0.39 is 17.4 Å². The summed E-state index contributed by atoms with van der Waals surface area (Å²) in [5, 5.41) is 18.7. The highest BCUT2D eigenvalue weighted by atomic mass is 16.5. The summed E-state index contributed by atoms with van der Waals surface area (Å²) in [5.74, 6) is -0.364. The van der Waals surface area contributed by atoms with Gasteiger partial charge >= 0.3 is 11.9 Å². The van der Waals surface area contributed by atoms with Crippen molar-refractivity contribution < 1.29 is 29.3 Å². The minimum Gasteiger partial charge on any atom is -0.493 e. The van der Waals surface area contributed by atoms with Crippen LogP contribution in [0.15, 0.2) is 194 Å². The molecule has 0 atom stereocenters. The molecule has 0 aliphatic heterocycles. The first-order valence-corrected chi connectivity index (χ1v) is 20.4. The molecular weight excluding hydrogens is 757 g/mol. The number of hydrogen-bond donors (Lipinski definition) is 2. The number of aromatic carboxylic acids is 2. The highest BCUT2D eigenvalue weighted by Gasteiger charge is 2.46. The monoisotopic (exact) mass is 798 g/mol. The summed E-state index contributed by atoms with van der Waals surface area (Å²) < 4.78 is 13.2. The molecular formula is C55H42O6. The maximum absolute atomic E-state index is 11.4. The Labute approximate surface area is 355 Å². The van der Waals surface area contributed by atoms with Crippen LogP contribution in [-0.4, -0.2) is 35.4 Å². The molecule has 61 heavy (non-hydrogen) atoms. The zero-order valence-corrected chi connectivity index (χ0v) is 33.3. The summed E-state index contributed by atoms with van der Waals surface area (Å²) in [6.07, 6.45) is 1.24. The second kappa shape index (κ2) is 16.9. The molecule has 9 rings (SSSR count). The van der Waals surface area contributed by atoms with Crippen molar-refractivity contribution in [3.63, 3.8) is 0 Å². The summed E-state index contributed by atoms with van der Waals surface area (Å²) in [4.78, 5) is 22.8. The van der Waals surface area contributed by atoms with E-state index >= 15 is 0 Å². The van der Waals surface area contributed by atoms with Crippen LogP contribution in [0.25, 0.3) is 33.4 Å². The Balaban J connectivity index is 1.16. The first-order chi connectivity index (χ1) is 29.9. The molecule has 0 radical (unpaired) electrons. The second-order valence-corrected chi connectivity index (χ2v) is 15.2. The van der Waals surface area contributed by atoms with Gasteiger partial charge in [-0.25, -0.2) is 9.59 Å². The van der Waals surface area contributed by atoms with Crippen molar-refractivity contribution in [2.24, 2.45) is 0 Å². The number of fused-ring (bicyclic) bond motifs is 3. The number of carboxylic acids is 2. The number of hydrogen-bond acceptors (Lipinski definition) is 4. The second-order valence-electron chi connectivity index (χ2n) is 15.2. The van der Waals surface area contributed by atoms with Crippen LogP contribution in [0.3, 0.4) is 0 Å². The van der Waals surface area contributed by atoms with Crippen molar-refractivity contribution in [3.05, 3.63) is 239 Å². The highest BCUT2D eigenvalue weighted by Crippen LogP contribution is 2.57. The van der Waals surface area contributed by atoms with Gasteiger partial charge in [-0.1, -0.05) is 146 Å². The molecule has 8 aromatic rings. The molecule has 1 aliphatic rings. The zero-order valence-electron chi connectivity index (χ0n) is 33.3. The average molecular weight is 799 g/mol. The van der Waals surface area contributed by atoms with E-state index in [1.54, 1.807) is 24.3 Å². The molecule has 1 aliphatic carbocycles. The number of carbonyl (C=O) groups is 2. The third kappa shape index (κ3) is 7.56. The average Bonchev–Trinajstić information content (AvgIpc) is 3.61. The maximum atomic E-state index is 11.4. The SMILES string of the molecule is O=C(O)c1ccc(CCOc2ccc(C3(c4ccc(OCCc5ccc(C(=O)O)cc5)c(-c5ccccc5)c4)c4ccccc4-c4ccccc43)cc2-c2ccccc2)cc1. The fraction of sp³-hybridized carbons (Fsp3) is 0.0909. The Bertz CT molecular complexity index is 2650. The Morgan fingerprint density at radius 3 is 1.18 bits per heavy atom. The molecule has 0 saturated heterocycles. The van der Waals surface area contributed by atoms with E-state index in [0.29, 0.717) is 26.1 Å². The molecule has 0 heterocycles. The number of carboxylic acid groups (broad SMARTS) is 2. The molecule has 0 saturated carbocycles. The molecule has 8 aromatic carbocycles. The lowest BCUT2D eigenvalue weighted by Crippen LogP contribution is -2.29. The predicted molar refractivity (Wildman–Crippen MR) is 240 cm³/mol. The molecule has 2 N–H and O–H groups in total. The molecule has 0 aromatic heterocycles. The molecule has 6 heteroatoms. The van der Waals surface area contributed by atoms with E-state index in [1.807, 2.05) is 60.7 Å². The minimum atomic E-state index is -0.944. The molecule has 0 spiro atoms. The van der Waals surface area contributed by atoms with Crippen molar-refractivity contribution in [3.8, 4) is 44.9 Å². The van der Waals surface area contributed by atoms with Gasteiger partial charge in [0.2, 0.25) is 0 Å². The van der Waals surface area contributed by atoms with Crippen LogP contribution < -0.4 is 9.47 Å². The van der Waals surface area contributed by atoms with Gasteiger partial charge in [0.1, 0.15) is 11.5 Å². The largest absolute Gasteiger partial charge is 0.493 e. The van der Waals surface area contributed by atoms with Crippen LogP contribution in [0, 0.1) is 0 Å². The van der Waals surface area contributed by atoms with Crippen LogP contribution in [0.1, 0.15) is 54.1 Å². The summed E-state index contributed by atoms with van der Waals surface area (Å²) in [6.45, 7) is 0.829. The van der Waals surface area contributed by atoms with Crippen LogP contribution in [0.5, 0.6) is 11.5 Å². The van der Waals surface area contributed by atoms with Gasteiger partial charge in [-0.15, -0.1) is 0 Å². The van der Waals surface area contributed by atoms with Crippen LogP contribution in [-0.2, 0) is 18.3 Å². The fourth-order valence-electron chi connectivity index (χ4n) is 8.67. The Morgan fingerprint density at radius 1 is 0.410 bits per heavy atom. The standard InChI is InChI=1S/C55H42O6/c56-53(57)41-23-19-37(20-24-41)31-33-60-51-29-27-43(35-47(51)39-11-3-1-4-12-39)55(49-17-9-7-15-45(49)46-16-8-10-18-50(46)55)44-28-30-52(48(36-44)40-13-5-2-6-14-40)61-34-32-38-21-25-42(26-22-38)54(58)59/h1-30,35-36H,31-34H2,(H,56,57)(H,58,59). The first kappa shape index (κ1) is 38.8. The van der Waals surface area contributed by atoms with Gasteiger partial charge < -0.3 is 19.7 Å². The molecule has 0 bridgehead atoms. The van der Waals surface area contributed by atoms with Crippen LogP contribution >= 0.6 is 0 Å². The highest BCUT2D eigenvalue weighted by molar-refractivity contribution is 5.89. The fourth-order valence-corrected chi connectivity index (χ4v) is 8.67. The first-order valence-electron chi connectivity index (χ1n) is 20.4. The number of ether oxygens (including phenoxy) is 2. The predicted octanol–water partition coefficient (Wildman–Crippen LogP) is 12.0. The zero-order chi connectivity index (χ0) is 41.8. The van der Waals surface area contributed by atoms with Crippen LogP contribution in [0.2, 0.25) is 0 Å². The molecule has 0 amide bonds. The summed E-state index contributed by atoms with van der Waals surface area (Å²) >= 11 is 0. The number of benzene rings is 8. The summed E-state index contributed by atoms with van der Waals surface area (Å²) in [6, 6.07) is 65.1. The van der Waals surface area contributed by atoms with Gasteiger partial charge in [-0.2, -0.15) is 0 Å².